The molecule has 1 unspecified atom stereocenters. The molecule has 1 aromatic rings. The molecule has 0 bridgehead atoms. The van der Waals surface area contributed by atoms with Crippen LogP contribution in [-0.4, -0.2) is 23.0 Å². The smallest absolute Gasteiger partial charge is 0.408 e. The number of rotatable bonds is 3. The minimum absolute atomic E-state index is 0.123. The van der Waals surface area contributed by atoms with Crippen molar-refractivity contribution in [1.82, 2.24) is 10.3 Å². The summed E-state index contributed by atoms with van der Waals surface area (Å²) >= 11 is 0. The Balaban J connectivity index is 2.57. The van der Waals surface area contributed by atoms with Crippen LogP contribution in [0.5, 0.6) is 0 Å². The predicted molar refractivity (Wildman–Crippen MR) is 59.7 cm³/mol. The van der Waals surface area contributed by atoms with E-state index >= 15 is 0 Å². The normalized spacial score (nSPS) is 12.9. The number of alkyl carbamates (subject to hydrolysis) is 1. The molecule has 1 aromatic heterocycles. The van der Waals surface area contributed by atoms with Crippen LogP contribution in [0, 0.1) is 0 Å². The average Bonchev–Trinajstić information content (AvgIpc) is 2.62. The number of hydrogen-bond donors (Lipinski definition) is 1. The van der Waals surface area contributed by atoms with Crippen molar-refractivity contribution in [2.24, 2.45) is 0 Å². The van der Waals surface area contributed by atoms with Crippen LogP contribution in [0.25, 0.3) is 0 Å². The number of aromatic nitrogens is 1. The molecule has 0 saturated carbocycles. The Morgan fingerprint density at radius 1 is 1.59 bits per heavy atom. The Bertz CT molecular complexity index is 406. The molecule has 0 spiro atoms. The molecular weight excluding hydrogens is 224 g/mol. The highest BCUT2D eigenvalue weighted by atomic mass is 16.6. The first kappa shape index (κ1) is 13.2. The molecule has 0 aliphatic rings. The molecule has 0 aliphatic carbocycles. The summed E-state index contributed by atoms with van der Waals surface area (Å²) in [6, 6.07) is -0.460. The van der Waals surface area contributed by atoms with Gasteiger partial charge in [-0.25, -0.2) is 9.78 Å². The molecule has 6 heteroatoms. The molecule has 1 amide bonds. The lowest BCUT2D eigenvalue weighted by molar-refractivity contribution is 0.0501. The van der Waals surface area contributed by atoms with E-state index in [-0.39, 0.29) is 11.7 Å². The molecule has 1 atom stereocenters. The molecule has 94 valence electrons. The van der Waals surface area contributed by atoms with Crippen molar-refractivity contribution < 1.29 is 18.7 Å². The maximum atomic E-state index is 11.4. The van der Waals surface area contributed by atoms with E-state index in [4.69, 9.17) is 9.15 Å². The van der Waals surface area contributed by atoms with E-state index in [1.165, 1.54) is 6.20 Å². The number of amides is 1. The molecule has 1 heterocycles. The van der Waals surface area contributed by atoms with Crippen LogP contribution in [0.3, 0.4) is 0 Å². The van der Waals surface area contributed by atoms with Crippen LogP contribution in [0.4, 0.5) is 4.79 Å². The van der Waals surface area contributed by atoms with Crippen molar-refractivity contribution >= 4 is 12.4 Å². The summed E-state index contributed by atoms with van der Waals surface area (Å²) < 4.78 is 10.2. The number of carbonyl (C=O) groups excluding carboxylic acids is 2. The Morgan fingerprint density at radius 2 is 2.24 bits per heavy atom. The molecule has 1 rings (SSSR count). The van der Waals surface area contributed by atoms with Crippen LogP contribution in [0.15, 0.2) is 10.6 Å². The molecule has 1 N–H and O–H groups in total. The van der Waals surface area contributed by atoms with E-state index in [2.05, 4.69) is 10.3 Å². The van der Waals surface area contributed by atoms with Crippen molar-refractivity contribution in [2.45, 2.75) is 39.3 Å². The van der Waals surface area contributed by atoms with E-state index < -0.39 is 17.7 Å². The Morgan fingerprint density at radius 3 is 2.71 bits per heavy atom. The second-order valence-electron chi connectivity index (χ2n) is 4.59. The van der Waals surface area contributed by atoms with Crippen molar-refractivity contribution in [2.75, 3.05) is 0 Å². The lowest BCUT2D eigenvalue weighted by Gasteiger charge is -2.20. The number of aldehydes is 1. The fraction of sp³-hybridized carbons (Fsp3) is 0.545. The number of ether oxygens (including phenoxy) is 1. The van der Waals surface area contributed by atoms with E-state index in [1.807, 2.05) is 0 Å². The number of hydrogen-bond acceptors (Lipinski definition) is 5. The highest BCUT2D eigenvalue weighted by Gasteiger charge is 2.20. The van der Waals surface area contributed by atoms with Crippen LogP contribution < -0.4 is 5.32 Å². The van der Waals surface area contributed by atoms with Gasteiger partial charge in [0.15, 0.2) is 12.0 Å². The minimum Gasteiger partial charge on any atom is -0.444 e. The summed E-state index contributed by atoms with van der Waals surface area (Å²) in [7, 11) is 0. The van der Waals surface area contributed by atoms with E-state index in [9.17, 15) is 9.59 Å². The summed E-state index contributed by atoms with van der Waals surface area (Å²) in [5.41, 5.74) is -0.561. The predicted octanol–water partition coefficient (Wildman–Crippen LogP) is 2.07. The SMILES string of the molecule is CC(NC(=O)OC(C)(C)C)c1ncc(C=O)o1. The third-order valence-corrected chi connectivity index (χ3v) is 1.76. The molecule has 6 nitrogen and oxygen atoms in total. The zero-order valence-electron chi connectivity index (χ0n) is 10.3. The molecule has 0 fully saturated rings. The largest absolute Gasteiger partial charge is 0.444 e. The molecule has 0 aromatic carbocycles. The van der Waals surface area contributed by atoms with Crippen LogP contribution in [0.2, 0.25) is 0 Å². The summed E-state index contributed by atoms with van der Waals surface area (Å²) in [5.74, 6) is 0.385. The summed E-state index contributed by atoms with van der Waals surface area (Å²) in [6.45, 7) is 7.00. The highest BCUT2D eigenvalue weighted by molar-refractivity contribution is 5.70. The van der Waals surface area contributed by atoms with Gasteiger partial charge in [-0.15, -0.1) is 0 Å². The van der Waals surface area contributed by atoms with E-state index in [0.29, 0.717) is 6.29 Å². The molecule has 0 aliphatic heterocycles. The van der Waals surface area contributed by atoms with Gasteiger partial charge in [-0.05, 0) is 27.7 Å². The van der Waals surface area contributed by atoms with Gasteiger partial charge in [-0.1, -0.05) is 0 Å². The Kier molecular flexibility index (Phi) is 3.88. The zero-order chi connectivity index (χ0) is 13.1. The first-order valence-electron chi connectivity index (χ1n) is 5.22. The molecule has 0 radical (unpaired) electrons. The third kappa shape index (κ3) is 4.26. The van der Waals surface area contributed by atoms with Crippen molar-refractivity contribution in [3.05, 3.63) is 17.8 Å². The Hall–Kier alpha value is -1.85. The quantitative estimate of drug-likeness (QED) is 0.818. The maximum Gasteiger partial charge on any atom is 0.408 e. The van der Waals surface area contributed by atoms with Gasteiger partial charge in [0.2, 0.25) is 5.89 Å². The van der Waals surface area contributed by atoms with Gasteiger partial charge < -0.3 is 14.5 Å². The number of nitrogens with one attached hydrogen (secondary N) is 1. The molecule has 17 heavy (non-hydrogen) atoms. The summed E-state index contributed by atoms with van der Waals surface area (Å²) in [6.07, 6.45) is 1.29. The summed E-state index contributed by atoms with van der Waals surface area (Å²) in [4.78, 5) is 25.7. The van der Waals surface area contributed by atoms with Gasteiger partial charge in [0.1, 0.15) is 11.6 Å². The second kappa shape index (κ2) is 4.99. The fourth-order valence-electron chi connectivity index (χ4n) is 1.10. The minimum atomic E-state index is -0.561. The second-order valence-corrected chi connectivity index (χ2v) is 4.59. The van der Waals surface area contributed by atoms with Crippen molar-refractivity contribution in [3.8, 4) is 0 Å². The first-order chi connectivity index (χ1) is 7.81. The van der Waals surface area contributed by atoms with Gasteiger partial charge in [0.05, 0.1) is 6.20 Å². The van der Waals surface area contributed by atoms with E-state index in [0.717, 1.165) is 0 Å². The third-order valence-electron chi connectivity index (χ3n) is 1.76. The van der Waals surface area contributed by atoms with Gasteiger partial charge >= 0.3 is 6.09 Å². The van der Waals surface area contributed by atoms with Crippen molar-refractivity contribution in [3.63, 3.8) is 0 Å². The molecule has 0 saturated heterocycles. The number of oxazole rings is 1. The van der Waals surface area contributed by atoms with Gasteiger partial charge in [-0.3, -0.25) is 4.79 Å². The van der Waals surface area contributed by atoms with Crippen LogP contribution >= 0.6 is 0 Å². The maximum absolute atomic E-state index is 11.4. The first-order valence-corrected chi connectivity index (χ1v) is 5.22. The lowest BCUT2D eigenvalue weighted by Crippen LogP contribution is -2.34. The van der Waals surface area contributed by atoms with Crippen molar-refractivity contribution in [1.29, 1.82) is 0 Å². The van der Waals surface area contributed by atoms with Crippen LogP contribution in [0.1, 0.15) is 50.2 Å². The zero-order valence-corrected chi connectivity index (χ0v) is 10.3. The average molecular weight is 240 g/mol. The number of carbonyl (C=O) groups is 2. The standard InChI is InChI=1S/C11H16N2O4/c1-7(9-12-5-8(6-14)16-9)13-10(15)17-11(2,3)4/h5-7H,1-4H3,(H,13,15). The van der Waals surface area contributed by atoms with E-state index in [1.54, 1.807) is 27.7 Å². The fourth-order valence-corrected chi connectivity index (χ4v) is 1.10. The lowest BCUT2D eigenvalue weighted by atomic mass is 10.2. The summed E-state index contributed by atoms with van der Waals surface area (Å²) in [5, 5.41) is 2.56. The molecular formula is C11H16N2O4. The van der Waals surface area contributed by atoms with Crippen LogP contribution in [-0.2, 0) is 4.74 Å². The van der Waals surface area contributed by atoms with Gasteiger partial charge in [0, 0.05) is 0 Å². The topological polar surface area (TPSA) is 81.4 Å². The number of nitrogens with zero attached hydrogens (tertiary/aromatic N) is 1. The van der Waals surface area contributed by atoms with Gasteiger partial charge in [0.25, 0.3) is 0 Å². The van der Waals surface area contributed by atoms with Gasteiger partial charge in [-0.2, -0.15) is 0 Å². The highest BCUT2D eigenvalue weighted by Crippen LogP contribution is 2.13. The Labute approximate surface area is 99.4 Å². The monoisotopic (exact) mass is 240 g/mol.